The van der Waals surface area contributed by atoms with Crippen LogP contribution in [0, 0.1) is 0 Å². The molecule has 0 bridgehead atoms. The van der Waals surface area contributed by atoms with E-state index in [0.29, 0.717) is 5.69 Å². The van der Waals surface area contributed by atoms with Crippen molar-refractivity contribution in [1.29, 1.82) is 0 Å². The van der Waals surface area contributed by atoms with Crippen LogP contribution in [0.25, 0.3) is 0 Å². The monoisotopic (exact) mass is 407 g/mol. The number of rotatable bonds is 6. The van der Waals surface area contributed by atoms with Gasteiger partial charge in [-0.2, -0.15) is 0 Å². The number of hydrogen-bond acceptors (Lipinski definition) is 5. The average molecular weight is 408 g/mol. The highest BCUT2D eigenvalue weighted by Crippen LogP contribution is 2.23. The smallest absolute Gasteiger partial charge is 0.285 e. The number of thioether (sulfide) groups is 1. The van der Waals surface area contributed by atoms with Gasteiger partial charge in [0.15, 0.2) is 0 Å². The molecular weight excluding hydrogens is 386 g/mol. The predicted molar refractivity (Wildman–Crippen MR) is 109 cm³/mol. The van der Waals surface area contributed by atoms with Gasteiger partial charge >= 0.3 is 0 Å². The molecule has 0 aliphatic heterocycles. The Morgan fingerprint density at radius 3 is 2.26 bits per heavy atom. The number of benzene rings is 2. The zero-order valence-electron chi connectivity index (χ0n) is 15.2. The highest BCUT2D eigenvalue weighted by molar-refractivity contribution is 8.13. The molecule has 27 heavy (non-hydrogen) atoms. The normalized spacial score (nSPS) is 10.9. The fraction of sp³-hybridized carbons (Fsp3) is 0.222. The number of amides is 2. The summed E-state index contributed by atoms with van der Waals surface area (Å²) >= 11 is 1.08. The van der Waals surface area contributed by atoms with Gasteiger partial charge in [0.05, 0.1) is 17.0 Å². The van der Waals surface area contributed by atoms with Gasteiger partial charge in [0.1, 0.15) is 0 Å². The zero-order chi connectivity index (χ0) is 20.0. The van der Waals surface area contributed by atoms with Gasteiger partial charge in [0.2, 0.25) is 10.0 Å². The van der Waals surface area contributed by atoms with E-state index in [4.69, 9.17) is 0 Å². The molecule has 0 heterocycles. The lowest BCUT2D eigenvalue weighted by Crippen LogP contribution is -2.19. The fourth-order valence-corrected chi connectivity index (χ4v) is 3.32. The molecule has 0 atom stereocenters. The number of carbonyl (C=O) groups excluding carboxylic acids is 2. The van der Waals surface area contributed by atoms with Gasteiger partial charge in [-0.25, -0.2) is 8.42 Å². The summed E-state index contributed by atoms with van der Waals surface area (Å²) in [6, 6.07) is 13.2. The lowest BCUT2D eigenvalue weighted by molar-refractivity contribution is 0.102. The Hall–Kier alpha value is -2.52. The largest absolute Gasteiger partial charge is 0.339 e. The molecule has 2 aromatic rings. The molecular formula is C18H21N3O4S2. The minimum atomic E-state index is -3.49. The van der Waals surface area contributed by atoms with E-state index in [1.54, 1.807) is 56.6 Å². The van der Waals surface area contributed by atoms with Crippen molar-refractivity contribution in [3.8, 4) is 0 Å². The number of nitrogens with zero attached hydrogens (tertiary/aromatic N) is 1. The van der Waals surface area contributed by atoms with Crippen molar-refractivity contribution in [3.05, 3.63) is 54.1 Å². The van der Waals surface area contributed by atoms with Crippen LogP contribution in [0.3, 0.4) is 0 Å². The number of sulfonamides is 1. The van der Waals surface area contributed by atoms with Gasteiger partial charge in [0, 0.05) is 24.7 Å². The second-order valence-electron chi connectivity index (χ2n) is 5.79. The molecule has 0 radical (unpaired) electrons. The molecule has 0 aliphatic carbocycles. The van der Waals surface area contributed by atoms with E-state index in [1.165, 1.54) is 17.9 Å². The van der Waals surface area contributed by atoms with Gasteiger partial charge in [-0.05, 0) is 55.1 Å². The quantitative estimate of drug-likeness (QED) is 0.715. The van der Waals surface area contributed by atoms with Gasteiger partial charge in [-0.3, -0.25) is 14.3 Å². The molecule has 2 amide bonds. The maximum absolute atomic E-state index is 12.5. The van der Waals surface area contributed by atoms with Crippen LogP contribution in [-0.2, 0) is 10.0 Å². The molecule has 0 aromatic heterocycles. The van der Waals surface area contributed by atoms with Gasteiger partial charge in [-0.15, -0.1) is 0 Å². The van der Waals surface area contributed by atoms with E-state index in [0.717, 1.165) is 16.7 Å². The third-order valence-electron chi connectivity index (χ3n) is 3.50. The van der Waals surface area contributed by atoms with Crippen molar-refractivity contribution in [3.63, 3.8) is 0 Å². The Kier molecular flexibility index (Phi) is 6.86. The van der Waals surface area contributed by atoms with E-state index in [1.807, 2.05) is 0 Å². The summed E-state index contributed by atoms with van der Waals surface area (Å²) < 4.78 is 26.0. The van der Waals surface area contributed by atoms with E-state index in [9.17, 15) is 18.0 Å². The van der Waals surface area contributed by atoms with Crippen molar-refractivity contribution in [1.82, 2.24) is 4.90 Å². The number of hydrogen-bond donors (Lipinski definition) is 2. The summed E-state index contributed by atoms with van der Waals surface area (Å²) in [6.07, 6.45) is 0. The first kappa shape index (κ1) is 20.8. The minimum absolute atomic E-state index is 0.0895. The van der Waals surface area contributed by atoms with Crippen LogP contribution < -0.4 is 10.0 Å². The van der Waals surface area contributed by atoms with Gasteiger partial charge in [0.25, 0.3) is 11.1 Å². The molecule has 0 saturated heterocycles. The number of nitrogens with one attached hydrogen (secondary N) is 2. The molecule has 0 aliphatic rings. The summed E-state index contributed by atoms with van der Waals surface area (Å²) in [6.45, 7) is 1.52. The third-order valence-corrected chi connectivity index (χ3v) is 5.84. The molecule has 0 unspecified atom stereocenters. The molecule has 0 fully saturated rings. The van der Waals surface area contributed by atoms with Crippen LogP contribution >= 0.6 is 11.8 Å². The van der Waals surface area contributed by atoms with E-state index in [2.05, 4.69) is 10.0 Å². The maximum atomic E-state index is 12.5. The van der Waals surface area contributed by atoms with E-state index < -0.39 is 15.9 Å². The van der Waals surface area contributed by atoms with Crippen molar-refractivity contribution < 1.29 is 18.0 Å². The SMILES string of the molecule is CCS(=O)(=O)Nc1ccccc1C(=O)Nc1ccc(SC(=O)N(C)C)cc1. The zero-order valence-corrected chi connectivity index (χ0v) is 16.9. The van der Waals surface area contributed by atoms with Crippen LogP contribution in [0.15, 0.2) is 53.4 Å². The van der Waals surface area contributed by atoms with Crippen molar-refractivity contribution in [2.75, 3.05) is 29.9 Å². The van der Waals surface area contributed by atoms with Crippen LogP contribution in [0.5, 0.6) is 0 Å². The molecule has 2 rings (SSSR count). The molecule has 144 valence electrons. The summed E-state index contributed by atoms with van der Waals surface area (Å²) in [4.78, 5) is 26.5. The van der Waals surface area contributed by atoms with Crippen LogP contribution in [0.4, 0.5) is 16.2 Å². The van der Waals surface area contributed by atoms with Crippen molar-refractivity contribution in [2.24, 2.45) is 0 Å². The molecule has 0 saturated carbocycles. The maximum Gasteiger partial charge on any atom is 0.285 e. The Morgan fingerprint density at radius 2 is 1.67 bits per heavy atom. The Labute approximate surface area is 163 Å². The molecule has 9 heteroatoms. The fourth-order valence-electron chi connectivity index (χ4n) is 2.01. The summed E-state index contributed by atoms with van der Waals surface area (Å²) in [5.41, 5.74) is 0.978. The highest BCUT2D eigenvalue weighted by atomic mass is 32.2. The topological polar surface area (TPSA) is 95.6 Å². The molecule has 0 spiro atoms. The first-order valence-electron chi connectivity index (χ1n) is 8.12. The first-order valence-corrected chi connectivity index (χ1v) is 10.6. The Bertz CT molecular complexity index is 926. The van der Waals surface area contributed by atoms with Crippen LogP contribution in [0.1, 0.15) is 17.3 Å². The molecule has 2 N–H and O–H groups in total. The average Bonchev–Trinajstić information content (AvgIpc) is 2.63. The predicted octanol–water partition coefficient (Wildman–Crippen LogP) is 3.47. The Balaban J connectivity index is 2.13. The molecule has 7 nitrogen and oxygen atoms in total. The second kappa shape index (κ2) is 8.92. The second-order valence-corrected chi connectivity index (χ2v) is 8.83. The highest BCUT2D eigenvalue weighted by Gasteiger charge is 2.15. The first-order chi connectivity index (χ1) is 12.7. The summed E-state index contributed by atoms with van der Waals surface area (Å²) in [7, 11) is -0.145. The number of carbonyl (C=O) groups is 2. The van der Waals surface area contributed by atoms with Gasteiger partial charge < -0.3 is 10.2 Å². The van der Waals surface area contributed by atoms with Crippen LogP contribution in [0.2, 0.25) is 0 Å². The third kappa shape index (κ3) is 6.00. The Morgan fingerprint density at radius 1 is 1.04 bits per heavy atom. The van der Waals surface area contributed by atoms with Gasteiger partial charge in [-0.1, -0.05) is 12.1 Å². The van der Waals surface area contributed by atoms with Crippen molar-refractivity contribution in [2.45, 2.75) is 11.8 Å². The molecule has 2 aromatic carbocycles. The lowest BCUT2D eigenvalue weighted by Gasteiger charge is -2.12. The summed E-state index contributed by atoms with van der Waals surface area (Å²) in [5, 5.41) is 2.63. The van der Waals surface area contributed by atoms with Crippen LogP contribution in [-0.4, -0.2) is 44.3 Å². The number of anilines is 2. The van der Waals surface area contributed by atoms with Crippen molar-refractivity contribution >= 4 is 44.3 Å². The standard InChI is InChI=1S/C18H21N3O4S2/c1-4-27(24,25)20-16-8-6-5-7-15(16)17(22)19-13-9-11-14(12-10-13)26-18(23)21(2)3/h5-12,20H,4H2,1-3H3,(H,19,22). The van der Waals surface area contributed by atoms with E-state index in [-0.39, 0.29) is 22.2 Å². The lowest BCUT2D eigenvalue weighted by atomic mass is 10.1. The summed E-state index contributed by atoms with van der Waals surface area (Å²) in [5.74, 6) is -0.525. The van der Waals surface area contributed by atoms with E-state index >= 15 is 0 Å². The number of para-hydroxylation sites is 1. The minimum Gasteiger partial charge on any atom is -0.339 e.